The Morgan fingerprint density at radius 1 is 1.03 bits per heavy atom. The minimum absolute atomic E-state index is 0.104. The predicted octanol–water partition coefficient (Wildman–Crippen LogP) is 4.21. The minimum Gasteiger partial charge on any atom is -0.442 e. The first-order valence-corrected chi connectivity index (χ1v) is 9.98. The van der Waals surface area contributed by atoms with E-state index in [0.717, 1.165) is 15.5 Å². The molecule has 0 saturated carbocycles. The fraction of sp³-hybridized carbons (Fsp3) is 0.292. The number of nitrogens with zero attached hydrogens (tertiary/aromatic N) is 2. The molecule has 1 unspecified atom stereocenters. The lowest BCUT2D eigenvalue weighted by Crippen LogP contribution is -2.48. The Kier molecular flexibility index (Phi) is 6.56. The number of fused-ring (bicyclic) bond motifs is 1. The van der Waals surface area contributed by atoms with Gasteiger partial charge in [-0.15, -0.1) is 6.58 Å². The second-order valence-corrected chi connectivity index (χ2v) is 8.13. The highest BCUT2D eigenvalue weighted by Crippen LogP contribution is 2.24. The van der Waals surface area contributed by atoms with Crippen molar-refractivity contribution in [3.05, 3.63) is 83.9 Å². The molecule has 2 aromatic rings. The van der Waals surface area contributed by atoms with Crippen LogP contribution < -0.4 is 0 Å². The Labute approximate surface area is 181 Å². The van der Waals surface area contributed by atoms with Crippen LogP contribution in [0.5, 0.6) is 0 Å². The topological polar surface area (TPSA) is 76.2 Å². The second-order valence-electron chi connectivity index (χ2n) is 8.13. The van der Waals surface area contributed by atoms with Crippen LogP contribution in [0.4, 0.5) is 4.79 Å². The number of rotatable bonds is 7. The second kappa shape index (κ2) is 9.14. The third kappa shape index (κ3) is 5.19. The summed E-state index contributed by atoms with van der Waals surface area (Å²) in [6, 6.07) is 15.1. The van der Waals surface area contributed by atoms with E-state index in [0.29, 0.717) is 11.1 Å². The molecule has 1 aliphatic rings. The van der Waals surface area contributed by atoms with Crippen molar-refractivity contribution < 1.29 is 24.0 Å². The normalized spacial score (nSPS) is 14.2. The maximum absolute atomic E-state index is 12.9. The maximum Gasteiger partial charge on any atom is 0.435 e. The summed E-state index contributed by atoms with van der Waals surface area (Å²) in [6.45, 7) is 9.01. The molecule has 7 heteroatoms. The van der Waals surface area contributed by atoms with Gasteiger partial charge in [-0.25, -0.2) is 4.79 Å². The van der Waals surface area contributed by atoms with E-state index in [1.54, 1.807) is 45.0 Å². The van der Waals surface area contributed by atoms with Crippen LogP contribution in [0.3, 0.4) is 0 Å². The number of ether oxygens (including phenoxy) is 1. The fourth-order valence-corrected chi connectivity index (χ4v) is 3.15. The SMILES string of the molecule is C=CC(CN1C(=O)c2ccccc2C1=O)N(OCc1ccccc1)C(=O)OC(C)(C)C. The third-order valence-electron chi connectivity index (χ3n) is 4.61. The van der Waals surface area contributed by atoms with Crippen molar-refractivity contribution in [2.24, 2.45) is 0 Å². The Morgan fingerprint density at radius 2 is 1.58 bits per heavy atom. The highest BCUT2D eigenvalue weighted by Gasteiger charge is 2.38. The first-order chi connectivity index (χ1) is 14.7. The number of amides is 3. The van der Waals surface area contributed by atoms with Crippen molar-refractivity contribution >= 4 is 17.9 Å². The van der Waals surface area contributed by atoms with Crippen molar-refractivity contribution in [3.63, 3.8) is 0 Å². The molecule has 3 rings (SSSR count). The number of carbonyl (C=O) groups is 3. The number of hydrogen-bond acceptors (Lipinski definition) is 5. The molecule has 0 saturated heterocycles. The van der Waals surface area contributed by atoms with Gasteiger partial charge in [0.25, 0.3) is 11.8 Å². The van der Waals surface area contributed by atoms with E-state index in [1.165, 1.54) is 6.08 Å². The lowest BCUT2D eigenvalue weighted by atomic mass is 10.1. The molecule has 2 aromatic carbocycles. The average molecular weight is 422 g/mol. The third-order valence-corrected chi connectivity index (χ3v) is 4.61. The smallest absolute Gasteiger partial charge is 0.435 e. The van der Waals surface area contributed by atoms with Crippen molar-refractivity contribution in [3.8, 4) is 0 Å². The van der Waals surface area contributed by atoms with Gasteiger partial charge in [0.2, 0.25) is 0 Å². The average Bonchev–Trinajstić information content (AvgIpc) is 2.97. The van der Waals surface area contributed by atoms with Gasteiger partial charge >= 0.3 is 6.09 Å². The molecule has 1 heterocycles. The summed E-state index contributed by atoms with van der Waals surface area (Å²) in [4.78, 5) is 45.3. The standard InChI is InChI=1S/C24H26N2O5/c1-5-18(15-25-21(27)19-13-9-10-14-20(19)22(25)28)26(23(29)31-24(2,3)4)30-16-17-11-7-6-8-12-17/h5-14,18H,1,15-16H2,2-4H3. The van der Waals surface area contributed by atoms with Gasteiger partial charge in [-0.2, -0.15) is 5.06 Å². The number of hydrogen-bond donors (Lipinski definition) is 0. The van der Waals surface area contributed by atoms with Crippen molar-refractivity contribution in [1.82, 2.24) is 9.96 Å². The number of imide groups is 1. The van der Waals surface area contributed by atoms with Gasteiger partial charge in [0.05, 0.1) is 23.7 Å². The highest BCUT2D eigenvalue weighted by atomic mass is 16.7. The van der Waals surface area contributed by atoms with Gasteiger partial charge in [0, 0.05) is 0 Å². The van der Waals surface area contributed by atoms with E-state index >= 15 is 0 Å². The van der Waals surface area contributed by atoms with Crippen LogP contribution in [0, 0.1) is 0 Å². The molecule has 0 aliphatic carbocycles. The summed E-state index contributed by atoms with van der Waals surface area (Å²) < 4.78 is 5.48. The molecule has 31 heavy (non-hydrogen) atoms. The molecule has 0 aromatic heterocycles. The van der Waals surface area contributed by atoms with E-state index in [2.05, 4.69) is 6.58 Å². The minimum atomic E-state index is -0.805. The zero-order valence-corrected chi connectivity index (χ0v) is 17.9. The Bertz CT molecular complexity index is 946. The van der Waals surface area contributed by atoms with Crippen LogP contribution in [-0.2, 0) is 16.2 Å². The van der Waals surface area contributed by atoms with Gasteiger partial charge in [-0.3, -0.25) is 19.3 Å². The van der Waals surface area contributed by atoms with Gasteiger partial charge in [0.1, 0.15) is 12.2 Å². The zero-order valence-electron chi connectivity index (χ0n) is 17.9. The van der Waals surface area contributed by atoms with Gasteiger partial charge < -0.3 is 4.74 Å². The molecule has 3 amide bonds. The largest absolute Gasteiger partial charge is 0.442 e. The van der Waals surface area contributed by atoms with Crippen LogP contribution in [0.1, 0.15) is 47.1 Å². The lowest BCUT2D eigenvalue weighted by molar-refractivity contribution is -0.171. The molecule has 162 valence electrons. The van der Waals surface area contributed by atoms with E-state index in [4.69, 9.17) is 9.57 Å². The van der Waals surface area contributed by atoms with E-state index in [-0.39, 0.29) is 13.2 Å². The molecule has 1 aliphatic heterocycles. The molecule has 7 nitrogen and oxygen atoms in total. The predicted molar refractivity (Wildman–Crippen MR) is 115 cm³/mol. The summed E-state index contributed by atoms with van der Waals surface area (Å²) in [5.74, 6) is -0.834. The Morgan fingerprint density at radius 3 is 2.10 bits per heavy atom. The Hall–Kier alpha value is -3.45. The van der Waals surface area contributed by atoms with E-state index in [9.17, 15) is 14.4 Å². The van der Waals surface area contributed by atoms with Crippen LogP contribution in [0.15, 0.2) is 67.3 Å². The highest BCUT2D eigenvalue weighted by molar-refractivity contribution is 6.21. The Balaban J connectivity index is 1.82. The van der Waals surface area contributed by atoms with E-state index < -0.39 is 29.6 Å². The first-order valence-electron chi connectivity index (χ1n) is 9.98. The van der Waals surface area contributed by atoms with Gasteiger partial charge in [-0.1, -0.05) is 48.5 Å². The maximum atomic E-state index is 12.9. The molecule has 0 N–H and O–H groups in total. The molecular formula is C24H26N2O5. The van der Waals surface area contributed by atoms with Crippen LogP contribution >= 0.6 is 0 Å². The molecular weight excluding hydrogens is 396 g/mol. The quantitative estimate of drug-likeness (QED) is 0.380. The van der Waals surface area contributed by atoms with Crippen LogP contribution in [0.25, 0.3) is 0 Å². The number of hydroxylamine groups is 2. The summed E-state index contributed by atoms with van der Waals surface area (Å²) in [7, 11) is 0. The molecule has 1 atom stereocenters. The number of carbonyl (C=O) groups excluding carboxylic acids is 3. The summed E-state index contributed by atoms with van der Waals surface area (Å²) in [5, 5.41) is 1.04. The van der Waals surface area contributed by atoms with E-state index in [1.807, 2.05) is 30.3 Å². The van der Waals surface area contributed by atoms with Crippen molar-refractivity contribution in [2.75, 3.05) is 6.54 Å². The molecule has 0 bridgehead atoms. The molecule has 0 spiro atoms. The molecule has 0 radical (unpaired) electrons. The monoisotopic (exact) mass is 422 g/mol. The van der Waals surface area contributed by atoms with Gasteiger partial charge in [0.15, 0.2) is 0 Å². The van der Waals surface area contributed by atoms with Crippen LogP contribution in [0.2, 0.25) is 0 Å². The molecule has 0 fully saturated rings. The summed E-state index contributed by atoms with van der Waals surface area (Å²) in [5.41, 5.74) is 0.764. The number of benzene rings is 2. The first kappa shape index (κ1) is 22.2. The van der Waals surface area contributed by atoms with Crippen LogP contribution in [-0.4, -0.2) is 46.1 Å². The fourth-order valence-electron chi connectivity index (χ4n) is 3.15. The summed E-state index contributed by atoms with van der Waals surface area (Å²) >= 11 is 0. The van der Waals surface area contributed by atoms with Crippen molar-refractivity contribution in [2.45, 2.75) is 39.0 Å². The van der Waals surface area contributed by atoms with Crippen molar-refractivity contribution in [1.29, 1.82) is 0 Å². The van der Waals surface area contributed by atoms with Gasteiger partial charge in [-0.05, 0) is 38.5 Å². The summed E-state index contributed by atoms with van der Waals surface area (Å²) in [6.07, 6.45) is 0.725. The lowest BCUT2D eigenvalue weighted by Gasteiger charge is -2.32. The zero-order chi connectivity index (χ0) is 22.6.